The maximum absolute atomic E-state index is 10.5. The Hall–Kier alpha value is -1.51. The summed E-state index contributed by atoms with van der Waals surface area (Å²) in [6.45, 7) is 1.44. The SMILES string of the molecule is CC(=O)Nc1ccc([N])cc1. The van der Waals surface area contributed by atoms with E-state index in [2.05, 4.69) is 5.32 Å². The third kappa shape index (κ3) is 2.29. The van der Waals surface area contributed by atoms with Gasteiger partial charge in [0.25, 0.3) is 0 Å². The number of hydrogen-bond donors (Lipinski definition) is 1. The molecule has 1 rings (SSSR count). The van der Waals surface area contributed by atoms with Crippen LogP contribution in [0.5, 0.6) is 0 Å². The van der Waals surface area contributed by atoms with Crippen LogP contribution in [0.25, 0.3) is 0 Å². The molecule has 0 aliphatic rings. The van der Waals surface area contributed by atoms with Crippen LogP contribution in [0.4, 0.5) is 11.4 Å². The Balaban J connectivity index is 2.74. The average molecular weight is 148 g/mol. The molecule has 1 N–H and O–H groups in total. The number of carbonyl (C=O) groups excluding carboxylic acids is 1. The molecule has 0 fully saturated rings. The van der Waals surface area contributed by atoms with Crippen LogP contribution in [0.1, 0.15) is 6.92 Å². The van der Waals surface area contributed by atoms with Gasteiger partial charge in [0.15, 0.2) is 0 Å². The summed E-state index contributed by atoms with van der Waals surface area (Å²) in [5.74, 6) is -0.115. The summed E-state index contributed by atoms with van der Waals surface area (Å²) in [4.78, 5) is 10.5. The van der Waals surface area contributed by atoms with E-state index in [0.717, 1.165) is 0 Å². The lowest BCUT2D eigenvalue weighted by atomic mass is 10.3. The van der Waals surface area contributed by atoms with E-state index in [0.29, 0.717) is 5.69 Å². The second-order valence-electron chi connectivity index (χ2n) is 2.23. The topological polar surface area (TPSA) is 51.4 Å². The zero-order chi connectivity index (χ0) is 8.27. The van der Waals surface area contributed by atoms with Gasteiger partial charge in [-0.15, -0.1) is 0 Å². The summed E-state index contributed by atoms with van der Waals surface area (Å²) < 4.78 is 0. The molecule has 1 aromatic carbocycles. The molecule has 11 heavy (non-hydrogen) atoms. The highest BCUT2D eigenvalue weighted by molar-refractivity contribution is 5.88. The number of anilines is 1. The summed E-state index contributed by atoms with van der Waals surface area (Å²) in [5, 5.41) is 2.58. The normalized spacial score (nSPS) is 9.18. The summed E-state index contributed by atoms with van der Waals surface area (Å²) in [5.41, 5.74) is 9.76. The number of nitrogens with one attached hydrogen (secondary N) is 1. The van der Waals surface area contributed by atoms with Crippen molar-refractivity contribution in [2.45, 2.75) is 6.92 Å². The van der Waals surface area contributed by atoms with E-state index in [9.17, 15) is 4.79 Å². The van der Waals surface area contributed by atoms with Crippen LogP contribution in [0.3, 0.4) is 0 Å². The highest BCUT2D eigenvalue weighted by Gasteiger charge is 1.93. The number of benzene rings is 1. The number of hydrogen-bond acceptors (Lipinski definition) is 1. The zero-order valence-electron chi connectivity index (χ0n) is 6.16. The molecule has 2 radical (unpaired) electrons. The molecule has 0 aliphatic heterocycles. The average Bonchev–Trinajstić information content (AvgIpc) is 1.93. The van der Waals surface area contributed by atoms with E-state index < -0.39 is 0 Å². The second kappa shape index (κ2) is 3.05. The van der Waals surface area contributed by atoms with Crippen LogP contribution < -0.4 is 11.1 Å². The van der Waals surface area contributed by atoms with Gasteiger partial charge in [0, 0.05) is 12.6 Å². The van der Waals surface area contributed by atoms with E-state index in [-0.39, 0.29) is 11.6 Å². The second-order valence-corrected chi connectivity index (χ2v) is 2.23. The van der Waals surface area contributed by atoms with Gasteiger partial charge >= 0.3 is 0 Å². The quantitative estimate of drug-likeness (QED) is 0.642. The standard InChI is InChI=1S/C8H8N2O/c1-6(11)10-8-4-2-7(9)3-5-8/h2-5H,1H3,(H,10,11). The van der Waals surface area contributed by atoms with Crippen LogP contribution in [0, 0.1) is 0 Å². The maximum Gasteiger partial charge on any atom is 0.221 e. The van der Waals surface area contributed by atoms with Crippen molar-refractivity contribution in [1.29, 1.82) is 0 Å². The van der Waals surface area contributed by atoms with Crippen molar-refractivity contribution in [3.63, 3.8) is 0 Å². The first kappa shape index (κ1) is 7.60. The van der Waals surface area contributed by atoms with Crippen molar-refractivity contribution in [3.05, 3.63) is 24.3 Å². The van der Waals surface area contributed by atoms with Crippen molar-refractivity contribution in [3.8, 4) is 0 Å². The van der Waals surface area contributed by atoms with E-state index in [1.807, 2.05) is 0 Å². The molecule has 3 heteroatoms. The van der Waals surface area contributed by atoms with Crippen molar-refractivity contribution in [1.82, 2.24) is 5.73 Å². The maximum atomic E-state index is 10.5. The molecule has 0 unspecified atom stereocenters. The molecule has 56 valence electrons. The number of amides is 1. The Morgan fingerprint density at radius 3 is 2.36 bits per heavy atom. The van der Waals surface area contributed by atoms with Gasteiger partial charge in [0.05, 0.1) is 5.69 Å². The molecule has 0 aliphatic carbocycles. The lowest BCUT2D eigenvalue weighted by Crippen LogP contribution is -2.04. The van der Waals surface area contributed by atoms with Gasteiger partial charge in [0.2, 0.25) is 5.91 Å². The Morgan fingerprint density at radius 1 is 1.36 bits per heavy atom. The third-order valence-corrected chi connectivity index (χ3v) is 1.19. The molecular formula is C8H8N2O. The predicted octanol–water partition coefficient (Wildman–Crippen LogP) is 1.35. The van der Waals surface area contributed by atoms with Gasteiger partial charge in [-0.2, -0.15) is 5.73 Å². The van der Waals surface area contributed by atoms with E-state index in [1.165, 1.54) is 19.1 Å². The zero-order valence-corrected chi connectivity index (χ0v) is 6.16. The third-order valence-electron chi connectivity index (χ3n) is 1.19. The summed E-state index contributed by atoms with van der Waals surface area (Å²) >= 11 is 0. The fourth-order valence-electron chi connectivity index (χ4n) is 0.748. The fraction of sp³-hybridized carbons (Fsp3) is 0.125. The molecule has 0 spiro atoms. The number of carbonyl (C=O) groups is 1. The molecular weight excluding hydrogens is 140 g/mol. The Kier molecular flexibility index (Phi) is 2.11. The Morgan fingerprint density at radius 2 is 1.91 bits per heavy atom. The van der Waals surface area contributed by atoms with E-state index in [4.69, 9.17) is 5.73 Å². The van der Waals surface area contributed by atoms with Crippen LogP contribution in [0.2, 0.25) is 0 Å². The molecule has 0 atom stereocenters. The minimum Gasteiger partial charge on any atom is -0.326 e. The molecule has 0 saturated heterocycles. The number of rotatable bonds is 1. The lowest BCUT2D eigenvalue weighted by molar-refractivity contribution is -0.114. The Bertz CT molecular complexity index is 253. The predicted molar refractivity (Wildman–Crippen MR) is 42.5 cm³/mol. The van der Waals surface area contributed by atoms with Crippen LogP contribution in [0.15, 0.2) is 24.3 Å². The van der Waals surface area contributed by atoms with Gasteiger partial charge in [-0.25, -0.2) is 0 Å². The number of nitrogens with zero attached hydrogens (tertiary/aromatic N) is 1. The van der Waals surface area contributed by atoms with Crippen LogP contribution in [-0.4, -0.2) is 5.91 Å². The van der Waals surface area contributed by atoms with Crippen molar-refractivity contribution in [2.24, 2.45) is 0 Å². The molecule has 3 nitrogen and oxygen atoms in total. The summed E-state index contributed by atoms with van der Waals surface area (Å²) in [7, 11) is 0. The van der Waals surface area contributed by atoms with Crippen LogP contribution in [-0.2, 0) is 4.79 Å². The van der Waals surface area contributed by atoms with Crippen molar-refractivity contribution < 1.29 is 4.79 Å². The minimum atomic E-state index is -0.115. The first-order valence-electron chi connectivity index (χ1n) is 3.25. The van der Waals surface area contributed by atoms with Crippen LogP contribution >= 0.6 is 0 Å². The molecule has 0 bridgehead atoms. The lowest BCUT2D eigenvalue weighted by Gasteiger charge is -1.99. The molecule has 0 aromatic heterocycles. The largest absolute Gasteiger partial charge is 0.326 e. The Labute approximate surface area is 65.2 Å². The van der Waals surface area contributed by atoms with E-state index >= 15 is 0 Å². The van der Waals surface area contributed by atoms with Crippen molar-refractivity contribution in [2.75, 3.05) is 5.32 Å². The molecule has 0 heterocycles. The van der Waals surface area contributed by atoms with Gasteiger partial charge in [-0.1, -0.05) is 0 Å². The minimum absolute atomic E-state index is 0.115. The van der Waals surface area contributed by atoms with Gasteiger partial charge in [0.1, 0.15) is 0 Å². The van der Waals surface area contributed by atoms with Gasteiger partial charge < -0.3 is 5.32 Å². The fourth-order valence-corrected chi connectivity index (χ4v) is 0.748. The monoisotopic (exact) mass is 148 g/mol. The van der Waals surface area contributed by atoms with Crippen molar-refractivity contribution >= 4 is 17.3 Å². The molecule has 1 aromatic rings. The summed E-state index contributed by atoms with van der Waals surface area (Å²) in [6.07, 6.45) is 0. The molecule has 0 saturated carbocycles. The first-order valence-corrected chi connectivity index (χ1v) is 3.25. The highest BCUT2D eigenvalue weighted by atomic mass is 16.1. The summed E-state index contributed by atoms with van der Waals surface area (Å²) in [6, 6.07) is 6.31. The smallest absolute Gasteiger partial charge is 0.221 e. The highest BCUT2D eigenvalue weighted by Crippen LogP contribution is 2.10. The first-order chi connectivity index (χ1) is 5.18. The van der Waals surface area contributed by atoms with Gasteiger partial charge in [-0.3, -0.25) is 4.79 Å². The van der Waals surface area contributed by atoms with Gasteiger partial charge in [-0.05, 0) is 24.3 Å². The van der Waals surface area contributed by atoms with E-state index in [1.54, 1.807) is 12.1 Å². The molecule has 1 amide bonds.